The van der Waals surface area contributed by atoms with Crippen molar-refractivity contribution in [2.75, 3.05) is 37.7 Å². The first kappa shape index (κ1) is 20.9. The first-order chi connectivity index (χ1) is 13.4. The van der Waals surface area contributed by atoms with Gasteiger partial charge in [-0.25, -0.2) is 0 Å². The maximum atomic E-state index is 12.9. The summed E-state index contributed by atoms with van der Waals surface area (Å²) in [5, 5.41) is 23.7. The lowest BCUT2D eigenvalue weighted by molar-refractivity contribution is 0.0928. The molecule has 1 aliphatic rings. The molecular weight excluding hydrogens is 421 g/mol. The zero-order valence-electron chi connectivity index (χ0n) is 15.2. The lowest BCUT2D eigenvalue weighted by Gasteiger charge is -2.27. The van der Waals surface area contributed by atoms with Crippen molar-refractivity contribution in [2.45, 2.75) is 13.0 Å². The summed E-state index contributed by atoms with van der Waals surface area (Å²) in [4.78, 5) is 15.3. The van der Waals surface area contributed by atoms with Gasteiger partial charge in [-0.3, -0.25) is 4.79 Å². The number of nitriles is 1. The highest BCUT2D eigenvalue weighted by molar-refractivity contribution is 7.19. The number of halogens is 2. The van der Waals surface area contributed by atoms with Gasteiger partial charge in [0.25, 0.3) is 5.91 Å². The third-order valence-electron chi connectivity index (χ3n) is 4.26. The summed E-state index contributed by atoms with van der Waals surface area (Å²) in [6.45, 7) is 4.09. The molecule has 0 radical (unpaired) electrons. The van der Waals surface area contributed by atoms with Crippen molar-refractivity contribution in [1.82, 2.24) is 5.32 Å². The van der Waals surface area contributed by atoms with Crippen LogP contribution < -0.4 is 10.2 Å². The standard InChI is InChI=1S/C19H19Cl2N3O3S/c1-11(25)10-23-18(26)17-16(13-3-2-12(20)8-15(13)21)14(9-22)19(28-17)24-4-6-27-7-5-24/h2-3,8,11,25H,4-7,10H2,1H3,(H,23,26)/t11-/m0/s1. The molecular formula is C19H19Cl2N3O3S. The molecule has 0 saturated carbocycles. The Balaban J connectivity index is 2.14. The third kappa shape index (κ3) is 4.43. The van der Waals surface area contributed by atoms with Gasteiger partial charge in [-0.1, -0.05) is 29.3 Å². The quantitative estimate of drug-likeness (QED) is 0.743. The van der Waals surface area contributed by atoms with Gasteiger partial charge in [0.2, 0.25) is 0 Å². The number of hydrogen-bond donors (Lipinski definition) is 2. The fourth-order valence-corrected chi connectivity index (χ4v) is 4.68. The highest BCUT2D eigenvalue weighted by atomic mass is 35.5. The summed E-state index contributed by atoms with van der Waals surface area (Å²) in [6, 6.07) is 7.22. The van der Waals surface area contributed by atoms with Crippen LogP contribution in [0.25, 0.3) is 11.1 Å². The molecule has 0 aliphatic carbocycles. The Hall–Kier alpha value is -1.82. The van der Waals surface area contributed by atoms with Crippen LogP contribution in [0.1, 0.15) is 22.2 Å². The number of hydrogen-bond acceptors (Lipinski definition) is 6. The SMILES string of the molecule is C[C@H](O)CNC(=O)c1sc(N2CCOCC2)c(C#N)c1-c1ccc(Cl)cc1Cl. The molecule has 1 atom stereocenters. The highest BCUT2D eigenvalue weighted by Crippen LogP contribution is 2.44. The van der Waals surface area contributed by atoms with Gasteiger partial charge in [0.1, 0.15) is 15.9 Å². The van der Waals surface area contributed by atoms with Gasteiger partial charge < -0.3 is 20.1 Å². The van der Waals surface area contributed by atoms with Crippen LogP contribution in [0, 0.1) is 11.3 Å². The summed E-state index contributed by atoms with van der Waals surface area (Å²) < 4.78 is 5.40. The van der Waals surface area contributed by atoms with E-state index in [0.717, 1.165) is 0 Å². The minimum absolute atomic E-state index is 0.110. The van der Waals surface area contributed by atoms with E-state index in [-0.39, 0.29) is 12.5 Å². The number of thiophene rings is 1. The summed E-state index contributed by atoms with van der Waals surface area (Å²) in [6.07, 6.45) is -0.680. The smallest absolute Gasteiger partial charge is 0.262 e. The predicted octanol–water partition coefficient (Wildman–Crippen LogP) is 3.54. The lowest BCUT2D eigenvalue weighted by Crippen LogP contribution is -2.36. The number of nitrogens with zero attached hydrogens (tertiary/aromatic N) is 2. The molecule has 9 heteroatoms. The van der Waals surface area contributed by atoms with Crippen molar-refractivity contribution in [3.05, 3.63) is 38.7 Å². The van der Waals surface area contributed by atoms with Crippen molar-refractivity contribution < 1.29 is 14.6 Å². The van der Waals surface area contributed by atoms with Crippen molar-refractivity contribution in [3.63, 3.8) is 0 Å². The van der Waals surface area contributed by atoms with Crippen LogP contribution in [-0.2, 0) is 4.74 Å². The number of nitrogens with one attached hydrogen (secondary N) is 1. The number of benzene rings is 1. The van der Waals surface area contributed by atoms with E-state index in [0.29, 0.717) is 62.9 Å². The number of carbonyl (C=O) groups is 1. The zero-order chi connectivity index (χ0) is 20.3. The number of morpholine rings is 1. The topological polar surface area (TPSA) is 85.6 Å². The van der Waals surface area contributed by atoms with E-state index in [1.54, 1.807) is 25.1 Å². The van der Waals surface area contributed by atoms with E-state index >= 15 is 0 Å². The summed E-state index contributed by atoms with van der Waals surface area (Å²) >= 11 is 13.7. The van der Waals surface area contributed by atoms with Crippen LogP contribution in [-0.4, -0.2) is 50.0 Å². The average Bonchev–Trinajstić information content (AvgIpc) is 3.06. The molecule has 1 saturated heterocycles. The molecule has 28 heavy (non-hydrogen) atoms. The largest absolute Gasteiger partial charge is 0.392 e. The van der Waals surface area contributed by atoms with Crippen LogP contribution >= 0.6 is 34.5 Å². The highest BCUT2D eigenvalue weighted by Gasteiger charge is 2.29. The molecule has 1 aliphatic heterocycles. The van der Waals surface area contributed by atoms with Gasteiger partial charge in [-0.05, 0) is 19.1 Å². The van der Waals surface area contributed by atoms with E-state index in [4.69, 9.17) is 27.9 Å². The molecule has 0 bridgehead atoms. The molecule has 2 aromatic rings. The number of aliphatic hydroxyl groups is 1. The predicted molar refractivity (Wildman–Crippen MR) is 112 cm³/mol. The fraction of sp³-hybridized carbons (Fsp3) is 0.368. The molecule has 1 aromatic carbocycles. The summed E-state index contributed by atoms with van der Waals surface area (Å²) in [5.41, 5.74) is 1.46. The Morgan fingerprint density at radius 1 is 1.43 bits per heavy atom. The summed E-state index contributed by atoms with van der Waals surface area (Å²) in [5.74, 6) is -0.358. The monoisotopic (exact) mass is 439 g/mol. The van der Waals surface area contributed by atoms with E-state index in [1.165, 1.54) is 11.3 Å². The molecule has 0 spiro atoms. The molecule has 0 unspecified atom stereocenters. The Morgan fingerprint density at radius 2 is 2.14 bits per heavy atom. The third-order valence-corrected chi connectivity index (χ3v) is 6.06. The summed E-state index contributed by atoms with van der Waals surface area (Å²) in [7, 11) is 0. The number of rotatable bonds is 5. The average molecular weight is 440 g/mol. The van der Waals surface area contributed by atoms with Crippen LogP contribution in [0.3, 0.4) is 0 Å². The van der Waals surface area contributed by atoms with Crippen molar-refractivity contribution in [2.24, 2.45) is 0 Å². The number of carbonyl (C=O) groups excluding carboxylic acids is 1. The Morgan fingerprint density at radius 3 is 2.75 bits per heavy atom. The van der Waals surface area contributed by atoms with Gasteiger partial charge in [0.05, 0.1) is 24.9 Å². The Labute approximate surface area is 177 Å². The second-order valence-electron chi connectivity index (χ2n) is 6.38. The van der Waals surface area contributed by atoms with Crippen LogP contribution in [0.4, 0.5) is 5.00 Å². The normalized spacial score (nSPS) is 15.2. The van der Waals surface area contributed by atoms with E-state index in [9.17, 15) is 15.2 Å². The molecule has 1 amide bonds. The minimum Gasteiger partial charge on any atom is -0.392 e. The van der Waals surface area contributed by atoms with Crippen LogP contribution in [0.5, 0.6) is 0 Å². The number of anilines is 1. The van der Waals surface area contributed by atoms with Gasteiger partial charge in [0, 0.05) is 40.8 Å². The Bertz CT molecular complexity index is 918. The molecule has 1 fully saturated rings. The lowest BCUT2D eigenvalue weighted by atomic mass is 10.0. The maximum Gasteiger partial charge on any atom is 0.262 e. The molecule has 6 nitrogen and oxygen atoms in total. The minimum atomic E-state index is -0.680. The number of ether oxygens (including phenoxy) is 1. The second-order valence-corrected chi connectivity index (χ2v) is 8.22. The van der Waals surface area contributed by atoms with Crippen molar-refractivity contribution in [3.8, 4) is 17.2 Å². The van der Waals surface area contributed by atoms with Gasteiger partial charge in [-0.2, -0.15) is 5.26 Å². The van der Waals surface area contributed by atoms with Gasteiger partial charge >= 0.3 is 0 Å². The van der Waals surface area contributed by atoms with Crippen LogP contribution in [0.15, 0.2) is 18.2 Å². The molecule has 3 rings (SSSR count). The second kappa shape index (κ2) is 9.12. The first-order valence-corrected chi connectivity index (χ1v) is 10.3. The van der Waals surface area contributed by atoms with Gasteiger partial charge in [-0.15, -0.1) is 11.3 Å². The van der Waals surface area contributed by atoms with Gasteiger partial charge in [0.15, 0.2) is 0 Å². The Kier molecular flexibility index (Phi) is 6.81. The van der Waals surface area contributed by atoms with Crippen molar-refractivity contribution >= 4 is 45.4 Å². The molecule has 148 valence electrons. The number of amides is 1. The molecule has 2 N–H and O–H groups in total. The van der Waals surface area contributed by atoms with Crippen LogP contribution in [0.2, 0.25) is 10.0 Å². The van der Waals surface area contributed by atoms with Crippen molar-refractivity contribution in [1.29, 1.82) is 5.26 Å². The van der Waals surface area contributed by atoms with E-state index in [1.807, 2.05) is 4.90 Å². The fourth-order valence-electron chi connectivity index (χ4n) is 2.94. The van der Waals surface area contributed by atoms with E-state index in [2.05, 4.69) is 11.4 Å². The molecule has 2 heterocycles. The maximum absolute atomic E-state index is 12.9. The zero-order valence-corrected chi connectivity index (χ0v) is 17.5. The first-order valence-electron chi connectivity index (χ1n) is 8.73. The number of aliphatic hydroxyl groups excluding tert-OH is 1. The van der Waals surface area contributed by atoms with E-state index < -0.39 is 6.10 Å². The molecule has 1 aromatic heterocycles.